The van der Waals surface area contributed by atoms with Gasteiger partial charge in [-0.2, -0.15) is 0 Å². The molecule has 2 atom stereocenters. The molecule has 0 N–H and O–H groups in total. The van der Waals surface area contributed by atoms with Crippen molar-refractivity contribution < 1.29 is 9.53 Å². The van der Waals surface area contributed by atoms with E-state index in [1.54, 1.807) is 7.11 Å². The Hall–Kier alpha value is -3.76. The SMILES string of the molecule is COc1ccc(CN2C(=O)C(CC(N=[N+]=[N-])c3ccccc3)c3cc(C)ccc32)cc1. The van der Waals surface area contributed by atoms with Gasteiger partial charge in [-0.1, -0.05) is 65.3 Å². The summed E-state index contributed by atoms with van der Waals surface area (Å²) in [6, 6.07) is 23.1. The first-order valence-corrected chi connectivity index (χ1v) is 10.2. The summed E-state index contributed by atoms with van der Waals surface area (Å²) in [5, 5.41) is 4.01. The Balaban J connectivity index is 1.66. The summed E-state index contributed by atoms with van der Waals surface area (Å²) in [5.74, 6) is 0.458. The predicted octanol–water partition coefficient (Wildman–Crippen LogP) is 6.08. The highest BCUT2D eigenvalue weighted by Gasteiger charge is 2.38. The maximum atomic E-state index is 13.5. The summed E-state index contributed by atoms with van der Waals surface area (Å²) in [6.07, 6.45) is 0.433. The van der Waals surface area contributed by atoms with Gasteiger partial charge in [-0.3, -0.25) is 4.79 Å². The van der Waals surface area contributed by atoms with Crippen molar-refractivity contribution in [3.63, 3.8) is 0 Å². The Bertz CT molecular complexity index is 1120. The Labute approximate surface area is 181 Å². The van der Waals surface area contributed by atoms with Gasteiger partial charge >= 0.3 is 0 Å². The number of benzene rings is 3. The van der Waals surface area contributed by atoms with Gasteiger partial charge in [0.1, 0.15) is 5.75 Å². The van der Waals surface area contributed by atoms with Crippen molar-refractivity contribution >= 4 is 11.6 Å². The number of carbonyl (C=O) groups is 1. The molecule has 1 heterocycles. The van der Waals surface area contributed by atoms with E-state index in [1.807, 2.05) is 78.6 Å². The fourth-order valence-corrected chi connectivity index (χ4v) is 4.15. The first-order valence-electron chi connectivity index (χ1n) is 10.2. The van der Waals surface area contributed by atoms with Gasteiger partial charge in [0.15, 0.2) is 0 Å². The highest BCUT2D eigenvalue weighted by Crippen LogP contribution is 2.43. The minimum Gasteiger partial charge on any atom is -0.497 e. The van der Waals surface area contributed by atoms with Crippen molar-refractivity contribution in [2.24, 2.45) is 5.11 Å². The highest BCUT2D eigenvalue weighted by molar-refractivity contribution is 6.05. The van der Waals surface area contributed by atoms with E-state index in [1.165, 1.54) is 0 Å². The van der Waals surface area contributed by atoms with Gasteiger partial charge in [0.2, 0.25) is 5.91 Å². The lowest BCUT2D eigenvalue weighted by Gasteiger charge is -2.19. The van der Waals surface area contributed by atoms with Crippen LogP contribution in [-0.2, 0) is 11.3 Å². The number of hydrogen-bond donors (Lipinski definition) is 0. The van der Waals surface area contributed by atoms with Gasteiger partial charge in [0, 0.05) is 10.6 Å². The molecule has 0 spiro atoms. The minimum absolute atomic E-state index is 0.0329. The van der Waals surface area contributed by atoms with Gasteiger partial charge in [-0.25, -0.2) is 0 Å². The number of rotatable bonds is 7. The monoisotopic (exact) mass is 412 g/mol. The second-order valence-electron chi connectivity index (χ2n) is 7.75. The van der Waals surface area contributed by atoms with E-state index >= 15 is 0 Å². The van der Waals surface area contributed by atoms with E-state index in [0.717, 1.165) is 33.7 Å². The number of azide groups is 1. The average molecular weight is 412 g/mol. The fraction of sp³-hybridized carbons (Fsp3) is 0.240. The number of hydrogen-bond acceptors (Lipinski definition) is 3. The van der Waals surface area contributed by atoms with Crippen LogP contribution in [0.5, 0.6) is 5.75 Å². The second kappa shape index (κ2) is 8.94. The largest absolute Gasteiger partial charge is 0.497 e. The molecular formula is C25H24N4O2. The number of amides is 1. The molecule has 1 aliphatic rings. The van der Waals surface area contributed by atoms with Crippen LogP contribution in [0.25, 0.3) is 10.4 Å². The number of aryl methyl sites for hydroxylation is 1. The third-order valence-electron chi connectivity index (χ3n) is 5.75. The van der Waals surface area contributed by atoms with Gasteiger partial charge in [0.05, 0.1) is 25.6 Å². The second-order valence-corrected chi connectivity index (χ2v) is 7.75. The number of carbonyl (C=O) groups excluding carboxylic acids is 1. The summed E-state index contributed by atoms with van der Waals surface area (Å²) in [4.78, 5) is 18.4. The van der Waals surface area contributed by atoms with E-state index < -0.39 is 6.04 Å². The summed E-state index contributed by atoms with van der Waals surface area (Å²) in [6.45, 7) is 2.50. The molecule has 0 radical (unpaired) electrons. The van der Waals surface area contributed by atoms with E-state index in [9.17, 15) is 4.79 Å². The van der Waals surface area contributed by atoms with Crippen LogP contribution < -0.4 is 9.64 Å². The maximum Gasteiger partial charge on any atom is 0.234 e. The van der Waals surface area contributed by atoms with Crippen LogP contribution in [0.3, 0.4) is 0 Å². The summed E-state index contributed by atoms with van der Waals surface area (Å²) in [7, 11) is 1.63. The third kappa shape index (κ3) is 4.25. The number of anilines is 1. The van der Waals surface area contributed by atoms with Crippen LogP contribution in [0.4, 0.5) is 5.69 Å². The average Bonchev–Trinajstić information content (AvgIpc) is 3.05. The van der Waals surface area contributed by atoms with Crippen molar-refractivity contribution in [3.8, 4) is 5.75 Å². The van der Waals surface area contributed by atoms with E-state index in [0.29, 0.717) is 13.0 Å². The Morgan fingerprint density at radius 3 is 2.52 bits per heavy atom. The van der Waals surface area contributed by atoms with Crippen molar-refractivity contribution in [2.75, 3.05) is 12.0 Å². The zero-order chi connectivity index (χ0) is 21.8. The smallest absolute Gasteiger partial charge is 0.234 e. The molecule has 3 aromatic carbocycles. The normalized spacial score (nSPS) is 15.9. The van der Waals surface area contributed by atoms with Crippen molar-refractivity contribution in [1.82, 2.24) is 0 Å². The molecule has 6 nitrogen and oxygen atoms in total. The van der Waals surface area contributed by atoms with Crippen LogP contribution in [0, 0.1) is 6.92 Å². The Morgan fingerprint density at radius 2 is 1.84 bits per heavy atom. The van der Waals surface area contributed by atoms with Gasteiger partial charge in [-0.05, 0) is 53.8 Å². The molecule has 6 heteroatoms. The van der Waals surface area contributed by atoms with E-state index in [-0.39, 0.29) is 11.8 Å². The Morgan fingerprint density at radius 1 is 1.10 bits per heavy atom. The molecule has 0 bridgehead atoms. The molecule has 0 saturated heterocycles. The summed E-state index contributed by atoms with van der Waals surface area (Å²) in [5.41, 5.74) is 14.1. The highest BCUT2D eigenvalue weighted by atomic mass is 16.5. The number of methoxy groups -OCH3 is 1. The molecule has 0 aromatic heterocycles. The van der Waals surface area contributed by atoms with E-state index in [2.05, 4.69) is 16.1 Å². The van der Waals surface area contributed by atoms with Gasteiger partial charge in [-0.15, -0.1) is 0 Å². The lowest BCUT2D eigenvalue weighted by atomic mass is 9.90. The topological polar surface area (TPSA) is 78.3 Å². The molecule has 0 saturated carbocycles. The van der Waals surface area contributed by atoms with Gasteiger partial charge in [0.25, 0.3) is 0 Å². The molecule has 2 unspecified atom stereocenters. The molecule has 1 amide bonds. The van der Waals surface area contributed by atoms with Crippen molar-refractivity contribution in [3.05, 3.63) is 105 Å². The van der Waals surface area contributed by atoms with Crippen LogP contribution >= 0.6 is 0 Å². The van der Waals surface area contributed by atoms with Crippen molar-refractivity contribution in [2.45, 2.75) is 31.8 Å². The number of ether oxygens (including phenoxy) is 1. The zero-order valence-electron chi connectivity index (χ0n) is 17.6. The summed E-state index contributed by atoms with van der Waals surface area (Å²) >= 11 is 0. The first kappa shape index (κ1) is 20.5. The third-order valence-corrected chi connectivity index (χ3v) is 5.75. The molecule has 0 aliphatic carbocycles. The number of nitrogens with zero attached hydrogens (tertiary/aromatic N) is 4. The molecule has 31 heavy (non-hydrogen) atoms. The minimum atomic E-state index is -0.408. The molecule has 3 aromatic rings. The summed E-state index contributed by atoms with van der Waals surface area (Å²) < 4.78 is 5.24. The predicted molar refractivity (Wildman–Crippen MR) is 121 cm³/mol. The van der Waals surface area contributed by atoms with Gasteiger partial charge < -0.3 is 9.64 Å². The molecule has 4 rings (SSSR count). The maximum absolute atomic E-state index is 13.5. The fourth-order valence-electron chi connectivity index (χ4n) is 4.15. The first-order chi connectivity index (χ1) is 15.1. The molecule has 156 valence electrons. The van der Waals surface area contributed by atoms with E-state index in [4.69, 9.17) is 10.3 Å². The molecule has 1 aliphatic heterocycles. The van der Waals surface area contributed by atoms with Crippen LogP contribution in [0.2, 0.25) is 0 Å². The van der Waals surface area contributed by atoms with Crippen molar-refractivity contribution in [1.29, 1.82) is 0 Å². The van der Waals surface area contributed by atoms with Crippen LogP contribution in [0.15, 0.2) is 77.9 Å². The number of fused-ring (bicyclic) bond motifs is 1. The standard InChI is InChI=1S/C25H24N4O2/c1-17-8-13-24-21(14-17)22(15-23(27-28-26)19-6-4-3-5-7-19)25(30)29(24)16-18-9-11-20(31-2)12-10-18/h3-14,22-23H,15-16H2,1-2H3. The van der Waals surface area contributed by atoms with Crippen LogP contribution in [0.1, 0.15) is 40.6 Å². The molecular weight excluding hydrogens is 388 g/mol. The molecule has 0 fully saturated rings. The quantitative estimate of drug-likeness (QED) is 0.268. The Kier molecular flexibility index (Phi) is 5.92. The zero-order valence-corrected chi connectivity index (χ0v) is 17.6. The lowest BCUT2D eigenvalue weighted by Crippen LogP contribution is -2.28. The lowest BCUT2D eigenvalue weighted by molar-refractivity contribution is -0.119. The van der Waals surface area contributed by atoms with Crippen LogP contribution in [-0.4, -0.2) is 13.0 Å².